The fraction of sp³-hybridized carbons (Fsp3) is 0.500. The van der Waals surface area contributed by atoms with Crippen LogP contribution in [0.2, 0.25) is 0 Å². The summed E-state index contributed by atoms with van der Waals surface area (Å²) < 4.78 is 0. The first-order chi connectivity index (χ1) is 9.38. The van der Waals surface area contributed by atoms with Gasteiger partial charge in [-0.3, -0.25) is 4.98 Å². The highest BCUT2D eigenvalue weighted by Gasteiger charge is 2.26. The summed E-state index contributed by atoms with van der Waals surface area (Å²) in [4.78, 5) is 4.57. The Morgan fingerprint density at radius 2 is 2.37 bits per heavy atom. The van der Waals surface area contributed by atoms with E-state index in [-0.39, 0.29) is 0 Å². The molecule has 0 aromatic carbocycles. The van der Waals surface area contributed by atoms with Crippen molar-refractivity contribution in [3.63, 3.8) is 0 Å². The molecular weight excluding hydrogens is 256 g/mol. The SMILES string of the molecule is CCCNc1nnc(C2CCCc3cccnc32)s1. The van der Waals surface area contributed by atoms with Crippen LogP contribution < -0.4 is 5.32 Å². The fourth-order valence-electron chi connectivity index (χ4n) is 2.53. The molecule has 0 spiro atoms. The summed E-state index contributed by atoms with van der Waals surface area (Å²) in [5.74, 6) is 0.333. The topological polar surface area (TPSA) is 50.7 Å². The molecule has 4 nitrogen and oxygen atoms in total. The number of fused-ring (bicyclic) bond motifs is 1. The van der Waals surface area contributed by atoms with E-state index in [0.29, 0.717) is 5.92 Å². The van der Waals surface area contributed by atoms with E-state index in [4.69, 9.17) is 0 Å². The molecule has 1 aliphatic carbocycles. The van der Waals surface area contributed by atoms with E-state index >= 15 is 0 Å². The molecule has 1 N–H and O–H groups in total. The zero-order chi connectivity index (χ0) is 13.1. The summed E-state index contributed by atoms with van der Waals surface area (Å²) in [5, 5.41) is 13.9. The van der Waals surface area contributed by atoms with Crippen LogP contribution in [0, 0.1) is 0 Å². The van der Waals surface area contributed by atoms with Gasteiger partial charge in [0.2, 0.25) is 5.13 Å². The Balaban J connectivity index is 1.85. The minimum absolute atomic E-state index is 0.333. The van der Waals surface area contributed by atoms with Crippen molar-refractivity contribution in [3.8, 4) is 0 Å². The average molecular weight is 274 g/mol. The molecule has 1 atom stereocenters. The highest BCUT2D eigenvalue weighted by molar-refractivity contribution is 7.15. The standard InChI is InChI=1S/C14H18N4S/c1-2-8-16-14-18-17-13(19-14)11-7-3-5-10-6-4-9-15-12(10)11/h4,6,9,11H,2-3,5,7-8H2,1H3,(H,16,18). The van der Waals surface area contributed by atoms with Crippen LogP contribution in [0.15, 0.2) is 18.3 Å². The van der Waals surface area contributed by atoms with E-state index < -0.39 is 0 Å². The first-order valence-electron chi connectivity index (χ1n) is 6.89. The summed E-state index contributed by atoms with van der Waals surface area (Å²) in [5.41, 5.74) is 2.57. The maximum Gasteiger partial charge on any atom is 0.205 e. The molecule has 0 fully saturated rings. The second-order valence-electron chi connectivity index (χ2n) is 4.86. The van der Waals surface area contributed by atoms with Gasteiger partial charge in [-0.25, -0.2) is 0 Å². The minimum Gasteiger partial charge on any atom is -0.360 e. The molecule has 0 aliphatic heterocycles. The summed E-state index contributed by atoms with van der Waals surface area (Å²) in [6.07, 6.45) is 6.46. The second kappa shape index (κ2) is 5.65. The molecule has 3 rings (SSSR count). The first kappa shape index (κ1) is 12.5. The number of aryl methyl sites for hydroxylation is 1. The van der Waals surface area contributed by atoms with Crippen molar-refractivity contribution in [2.45, 2.75) is 38.5 Å². The third-order valence-corrected chi connectivity index (χ3v) is 4.45. The van der Waals surface area contributed by atoms with Crippen LogP contribution >= 0.6 is 11.3 Å². The van der Waals surface area contributed by atoms with Crippen molar-refractivity contribution in [2.75, 3.05) is 11.9 Å². The molecular formula is C14H18N4S. The van der Waals surface area contributed by atoms with Crippen molar-refractivity contribution < 1.29 is 0 Å². The van der Waals surface area contributed by atoms with Crippen LogP contribution in [-0.4, -0.2) is 21.7 Å². The molecule has 0 amide bonds. The lowest BCUT2D eigenvalue weighted by atomic mass is 9.87. The molecule has 1 unspecified atom stereocenters. The number of hydrogen-bond donors (Lipinski definition) is 1. The highest BCUT2D eigenvalue weighted by atomic mass is 32.1. The van der Waals surface area contributed by atoms with Crippen LogP contribution in [0.25, 0.3) is 0 Å². The molecule has 5 heteroatoms. The smallest absolute Gasteiger partial charge is 0.205 e. The summed E-state index contributed by atoms with van der Waals surface area (Å²) in [7, 11) is 0. The molecule has 100 valence electrons. The molecule has 19 heavy (non-hydrogen) atoms. The molecule has 0 bridgehead atoms. The van der Waals surface area contributed by atoms with Crippen LogP contribution in [0.3, 0.4) is 0 Å². The normalized spacial score (nSPS) is 18.1. The fourth-order valence-corrected chi connectivity index (χ4v) is 3.44. The minimum atomic E-state index is 0.333. The number of hydrogen-bond acceptors (Lipinski definition) is 5. The third-order valence-electron chi connectivity index (χ3n) is 3.46. The molecule has 1 aliphatic rings. The van der Waals surface area contributed by atoms with Crippen LogP contribution in [0.1, 0.15) is 48.4 Å². The maximum atomic E-state index is 4.57. The predicted octanol–water partition coefficient (Wildman–Crippen LogP) is 3.22. The van der Waals surface area contributed by atoms with E-state index in [1.54, 1.807) is 11.3 Å². The monoisotopic (exact) mass is 274 g/mol. The predicted molar refractivity (Wildman–Crippen MR) is 77.7 cm³/mol. The van der Waals surface area contributed by atoms with E-state index in [9.17, 15) is 0 Å². The molecule has 0 saturated carbocycles. The van der Waals surface area contributed by atoms with Crippen molar-refractivity contribution in [3.05, 3.63) is 34.6 Å². The molecule has 2 aromatic rings. The zero-order valence-electron chi connectivity index (χ0n) is 11.1. The van der Waals surface area contributed by atoms with Gasteiger partial charge in [0, 0.05) is 12.7 Å². The van der Waals surface area contributed by atoms with Crippen LogP contribution in [-0.2, 0) is 6.42 Å². The number of aromatic nitrogens is 3. The number of nitrogens with one attached hydrogen (secondary N) is 1. The Morgan fingerprint density at radius 3 is 3.26 bits per heavy atom. The quantitative estimate of drug-likeness (QED) is 0.930. The van der Waals surface area contributed by atoms with E-state index in [1.807, 2.05) is 12.3 Å². The van der Waals surface area contributed by atoms with Gasteiger partial charge in [0.1, 0.15) is 5.01 Å². The summed E-state index contributed by atoms with van der Waals surface area (Å²) >= 11 is 1.67. The largest absolute Gasteiger partial charge is 0.360 e. The number of pyridine rings is 1. The Bertz CT molecular complexity index is 552. The first-order valence-corrected chi connectivity index (χ1v) is 7.71. The van der Waals surface area contributed by atoms with Crippen molar-refractivity contribution in [1.82, 2.24) is 15.2 Å². The maximum absolute atomic E-state index is 4.57. The van der Waals surface area contributed by atoms with Gasteiger partial charge in [-0.2, -0.15) is 0 Å². The molecule has 0 saturated heterocycles. The van der Waals surface area contributed by atoms with E-state index in [2.05, 4.69) is 33.5 Å². The second-order valence-corrected chi connectivity index (χ2v) is 5.87. The Hall–Kier alpha value is -1.49. The van der Waals surface area contributed by atoms with Gasteiger partial charge in [0.05, 0.1) is 11.6 Å². The van der Waals surface area contributed by atoms with E-state index in [1.165, 1.54) is 17.7 Å². The van der Waals surface area contributed by atoms with Gasteiger partial charge < -0.3 is 5.32 Å². The third kappa shape index (κ3) is 2.61. The van der Waals surface area contributed by atoms with Gasteiger partial charge in [-0.15, -0.1) is 10.2 Å². The number of nitrogens with zero attached hydrogens (tertiary/aromatic N) is 3. The van der Waals surface area contributed by atoms with Gasteiger partial charge >= 0.3 is 0 Å². The Labute approximate surface area is 117 Å². The zero-order valence-corrected chi connectivity index (χ0v) is 11.9. The summed E-state index contributed by atoms with van der Waals surface area (Å²) in [6, 6.07) is 4.21. The van der Waals surface area contributed by atoms with Crippen molar-refractivity contribution in [2.24, 2.45) is 0 Å². The van der Waals surface area contributed by atoms with Crippen LogP contribution in [0.5, 0.6) is 0 Å². The van der Waals surface area contributed by atoms with Gasteiger partial charge in [-0.1, -0.05) is 24.3 Å². The van der Waals surface area contributed by atoms with Gasteiger partial charge in [-0.05, 0) is 37.3 Å². The van der Waals surface area contributed by atoms with Gasteiger partial charge in [0.25, 0.3) is 0 Å². The lowest BCUT2D eigenvalue weighted by Crippen LogP contribution is -2.12. The van der Waals surface area contributed by atoms with Gasteiger partial charge in [0.15, 0.2) is 0 Å². The number of rotatable bonds is 4. The molecule has 2 aromatic heterocycles. The van der Waals surface area contributed by atoms with E-state index in [0.717, 1.165) is 35.9 Å². The number of anilines is 1. The van der Waals surface area contributed by atoms with Crippen molar-refractivity contribution in [1.29, 1.82) is 0 Å². The Morgan fingerprint density at radius 1 is 1.42 bits per heavy atom. The van der Waals surface area contributed by atoms with Crippen molar-refractivity contribution >= 4 is 16.5 Å². The Kier molecular flexibility index (Phi) is 3.73. The summed E-state index contributed by atoms with van der Waals surface area (Å²) in [6.45, 7) is 3.10. The average Bonchev–Trinajstić information content (AvgIpc) is 2.93. The lowest BCUT2D eigenvalue weighted by molar-refractivity contribution is 0.592. The van der Waals surface area contributed by atoms with Crippen LogP contribution in [0.4, 0.5) is 5.13 Å². The lowest BCUT2D eigenvalue weighted by Gasteiger charge is -2.21. The molecule has 2 heterocycles. The highest BCUT2D eigenvalue weighted by Crippen LogP contribution is 2.37. The molecule has 0 radical (unpaired) electrons.